The van der Waals surface area contributed by atoms with Crippen LogP contribution in [0.1, 0.15) is 19.8 Å². The number of nitrogens with one attached hydrogen (secondary N) is 1. The molecule has 0 aliphatic rings. The number of hydrogen-bond acceptors (Lipinski definition) is 4. The zero-order valence-electron chi connectivity index (χ0n) is 9.31. The van der Waals surface area contributed by atoms with E-state index in [0.29, 0.717) is 14.0 Å². The van der Waals surface area contributed by atoms with Crippen LogP contribution in [-0.2, 0) is 14.8 Å². The zero-order chi connectivity index (χ0) is 13.9. The van der Waals surface area contributed by atoms with Gasteiger partial charge in [0.1, 0.15) is 10.9 Å². The average Bonchev–Trinajstić information content (AvgIpc) is 2.57. The Kier molecular flexibility index (Phi) is 5.78. The molecule has 0 saturated carbocycles. The van der Waals surface area contributed by atoms with Crippen LogP contribution in [0.4, 0.5) is 0 Å². The fraction of sp³-hybridized carbons (Fsp3) is 0.444. The number of carbonyl (C=O) groups is 1. The molecule has 0 unspecified atom stereocenters. The molecule has 102 valence electrons. The first kappa shape index (κ1) is 16.1. The van der Waals surface area contributed by atoms with Gasteiger partial charge in [0, 0.05) is 0 Å². The minimum atomic E-state index is -3.83. The van der Waals surface area contributed by atoms with Crippen molar-refractivity contribution in [3.8, 4) is 0 Å². The van der Waals surface area contributed by atoms with Crippen LogP contribution in [0.3, 0.4) is 0 Å². The SMILES string of the molecule is CCC[C@@H](NS(=O)(=O)c1cc(Br)sc1Br)C(=O)O. The van der Waals surface area contributed by atoms with Crippen molar-refractivity contribution in [3.05, 3.63) is 13.6 Å². The van der Waals surface area contributed by atoms with Gasteiger partial charge in [0.25, 0.3) is 0 Å². The summed E-state index contributed by atoms with van der Waals surface area (Å²) in [6.07, 6.45) is 0.825. The topological polar surface area (TPSA) is 83.5 Å². The second kappa shape index (κ2) is 6.47. The highest BCUT2D eigenvalue weighted by atomic mass is 79.9. The molecule has 1 atom stereocenters. The molecule has 5 nitrogen and oxygen atoms in total. The quantitative estimate of drug-likeness (QED) is 0.741. The predicted molar refractivity (Wildman–Crippen MR) is 76.4 cm³/mol. The molecule has 1 aromatic rings. The van der Waals surface area contributed by atoms with Crippen molar-refractivity contribution in [2.45, 2.75) is 30.7 Å². The van der Waals surface area contributed by atoms with Crippen LogP contribution in [-0.4, -0.2) is 25.5 Å². The number of rotatable bonds is 6. The Labute approximate surface area is 126 Å². The van der Waals surface area contributed by atoms with Crippen molar-refractivity contribution < 1.29 is 18.3 Å². The lowest BCUT2D eigenvalue weighted by Gasteiger charge is -2.13. The van der Waals surface area contributed by atoms with Crippen molar-refractivity contribution >= 4 is 59.2 Å². The number of halogens is 2. The van der Waals surface area contributed by atoms with E-state index in [-0.39, 0.29) is 11.3 Å². The summed E-state index contributed by atoms with van der Waals surface area (Å²) >= 11 is 7.53. The van der Waals surface area contributed by atoms with Gasteiger partial charge in [-0.05, 0) is 44.3 Å². The van der Waals surface area contributed by atoms with Gasteiger partial charge < -0.3 is 5.11 Å². The van der Waals surface area contributed by atoms with E-state index in [4.69, 9.17) is 5.11 Å². The molecule has 0 aromatic carbocycles. The van der Waals surface area contributed by atoms with E-state index in [0.717, 1.165) is 0 Å². The van der Waals surface area contributed by atoms with Crippen LogP contribution in [0.15, 0.2) is 18.5 Å². The summed E-state index contributed by atoms with van der Waals surface area (Å²) in [6.45, 7) is 1.79. The molecule has 9 heteroatoms. The number of carboxylic acid groups (broad SMARTS) is 1. The van der Waals surface area contributed by atoms with Crippen LogP contribution in [0.5, 0.6) is 0 Å². The van der Waals surface area contributed by atoms with E-state index in [2.05, 4.69) is 36.6 Å². The molecular formula is C9H11Br2NO4S2. The molecule has 0 aliphatic carbocycles. The van der Waals surface area contributed by atoms with Crippen molar-refractivity contribution in [3.63, 3.8) is 0 Å². The zero-order valence-corrected chi connectivity index (χ0v) is 14.1. The first-order valence-electron chi connectivity index (χ1n) is 4.98. The lowest BCUT2D eigenvalue weighted by Crippen LogP contribution is -2.40. The number of hydrogen-bond donors (Lipinski definition) is 2. The molecule has 1 rings (SSSR count). The Balaban J connectivity index is 3.00. The van der Waals surface area contributed by atoms with E-state index in [1.54, 1.807) is 6.92 Å². The second-order valence-electron chi connectivity index (χ2n) is 3.49. The van der Waals surface area contributed by atoms with Gasteiger partial charge in [0.15, 0.2) is 0 Å². The third kappa shape index (κ3) is 4.02. The molecule has 18 heavy (non-hydrogen) atoms. The van der Waals surface area contributed by atoms with Gasteiger partial charge in [-0.1, -0.05) is 13.3 Å². The lowest BCUT2D eigenvalue weighted by molar-refractivity contribution is -0.139. The molecule has 0 saturated heterocycles. The Morgan fingerprint density at radius 3 is 2.56 bits per heavy atom. The molecule has 1 aromatic heterocycles. The molecule has 0 fully saturated rings. The van der Waals surface area contributed by atoms with E-state index in [1.165, 1.54) is 17.4 Å². The Bertz CT molecular complexity index is 541. The molecule has 0 radical (unpaired) electrons. The van der Waals surface area contributed by atoms with Gasteiger partial charge in [-0.2, -0.15) is 4.72 Å². The number of carboxylic acids is 1. The molecule has 0 amide bonds. The number of aliphatic carboxylic acids is 1. The summed E-state index contributed by atoms with van der Waals surface area (Å²) in [5.41, 5.74) is 0. The fourth-order valence-corrected chi connectivity index (χ4v) is 6.32. The van der Waals surface area contributed by atoms with E-state index in [1.807, 2.05) is 0 Å². The summed E-state index contributed by atoms with van der Waals surface area (Å²) in [4.78, 5) is 11.0. The molecule has 0 aliphatic heterocycles. The smallest absolute Gasteiger partial charge is 0.321 e. The monoisotopic (exact) mass is 419 g/mol. The van der Waals surface area contributed by atoms with Gasteiger partial charge in [-0.25, -0.2) is 8.42 Å². The first-order valence-corrected chi connectivity index (χ1v) is 8.86. The summed E-state index contributed by atoms with van der Waals surface area (Å²) in [7, 11) is -3.83. The molecule has 0 bridgehead atoms. The maximum atomic E-state index is 12.0. The van der Waals surface area contributed by atoms with Crippen molar-refractivity contribution in [2.75, 3.05) is 0 Å². The van der Waals surface area contributed by atoms with Crippen LogP contribution < -0.4 is 4.72 Å². The summed E-state index contributed by atoms with van der Waals surface area (Å²) in [5, 5.41) is 8.94. The second-order valence-corrected chi connectivity index (χ2v) is 8.92. The van der Waals surface area contributed by atoms with Crippen molar-refractivity contribution in [1.82, 2.24) is 4.72 Å². The van der Waals surface area contributed by atoms with E-state index < -0.39 is 22.0 Å². The maximum absolute atomic E-state index is 12.0. The Hall–Kier alpha value is 0.0400. The normalized spacial score (nSPS) is 13.5. The minimum Gasteiger partial charge on any atom is -0.480 e. The lowest BCUT2D eigenvalue weighted by atomic mass is 10.2. The van der Waals surface area contributed by atoms with Crippen LogP contribution in [0.25, 0.3) is 0 Å². The van der Waals surface area contributed by atoms with Crippen molar-refractivity contribution in [2.24, 2.45) is 0 Å². The number of sulfonamides is 1. The molecule has 0 spiro atoms. The predicted octanol–water partition coefficient (Wildman–Crippen LogP) is 2.80. The minimum absolute atomic E-state index is 0.0433. The van der Waals surface area contributed by atoms with Gasteiger partial charge in [0.2, 0.25) is 10.0 Å². The van der Waals surface area contributed by atoms with Gasteiger partial charge in [-0.15, -0.1) is 11.3 Å². The average molecular weight is 421 g/mol. The number of thiophene rings is 1. The summed E-state index contributed by atoms with van der Waals surface area (Å²) in [5.74, 6) is -1.18. The first-order chi connectivity index (χ1) is 8.27. The standard InChI is InChI=1S/C9H11Br2NO4S2/c1-2-3-5(9(13)14)12-18(15,16)6-4-7(10)17-8(6)11/h4-5,12H,2-3H2,1H3,(H,13,14)/t5-/m1/s1. The summed E-state index contributed by atoms with van der Waals surface area (Å²) < 4.78 is 27.4. The van der Waals surface area contributed by atoms with Crippen LogP contribution in [0.2, 0.25) is 0 Å². The summed E-state index contributed by atoms with van der Waals surface area (Å²) in [6, 6.07) is 0.327. The highest BCUT2D eigenvalue weighted by molar-refractivity contribution is 9.12. The largest absolute Gasteiger partial charge is 0.480 e. The third-order valence-electron chi connectivity index (χ3n) is 2.09. The molecule has 1 heterocycles. The highest BCUT2D eigenvalue weighted by Crippen LogP contribution is 2.34. The van der Waals surface area contributed by atoms with Gasteiger partial charge in [0.05, 0.1) is 7.57 Å². The van der Waals surface area contributed by atoms with E-state index in [9.17, 15) is 13.2 Å². The highest BCUT2D eigenvalue weighted by Gasteiger charge is 2.27. The molecular weight excluding hydrogens is 410 g/mol. The van der Waals surface area contributed by atoms with Gasteiger partial charge in [-0.3, -0.25) is 4.79 Å². The Morgan fingerprint density at radius 1 is 1.56 bits per heavy atom. The maximum Gasteiger partial charge on any atom is 0.321 e. The van der Waals surface area contributed by atoms with E-state index >= 15 is 0 Å². The van der Waals surface area contributed by atoms with Crippen LogP contribution in [0, 0.1) is 0 Å². The van der Waals surface area contributed by atoms with Crippen molar-refractivity contribution in [1.29, 1.82) is 0 Å². The third-order valence-corrected chi connectivity index (χ3v) is 6.31. The van der Waals surface area contributed by atoms with Gasteiger partial charge >= 0.3 is 5.97 Å². The Morgan fingerprint density at radius 2 is 2.17 bits per heavy atom. The van der Waals surface area contributed by atoms with Crippen LogP contribution >= 0.6 is 43.2 Å². The fourth-order valence-electron chi connectivity index (χ4n) is 1.28. The molecule has 2 N–H and O–H groups in total.